The molecule has 1 aromatic rings. The summed E-state index contributed by atoms with van der Waals surface area (Å²) in [4.78, 5) is 35.9. The van der Waals surface area contributed by atoms with Gasteiger partial charge in [0.2, 0.25) is 5.91 Å². The summed E-state index contributed by atoms with van der Waals surface area (Å²) < 4.78 is 0. The molecule has 0 heterocycles. The number of urea groups is 1. The molecule has 130 valence electrons. The van der Waals surface area contributed by atoms with Crippen molar-refractivity contribution in [3.05, 3.63) is 48.0 Å². The molecule has 0 bridgehead atoms. The van der Waals surface area contributed by atoms with E-state index in [4.69, 9.17) is 5.73 Å². The molecule has 24 heavy (non-hydrogen) atoms. The Morgan fingerprint density at radius 3 is 2.38 bits per heavy atom. The van der Waals surface area contributed by atoms with E-state index in [0.29, 0.717) is 12.1 Å². The van der Waals surface area contributed by atoms with E-state index in [1.54, 1.807) is 30.3 Å². The molecular weight excluding hydrogens is 306 g/mol. The Morgan fingerprint density at radius 2 is 1.79 bits per heavy atom. The van der Waals surface area contributed by atoms with Crippen LogP contribution >= 0.6 is 0 Å². The predicted octanol–water partition coefficient (Wildman–Crippen LogP) is 2.16. The van der Waals surface area contributed by atoms with Crippen molar-refractivity contribution in [1.29, 1.82) is 0 Å². The van der Waals surface area contributed by atoms with Crippen LogP contribution in [0, 0.1) is 0 Å². The van der Waals surface area contributed by atoms with Gasteiger partial charge < -0.3 is 16.4 Å². The molecule has 0 saturated heterocycles. The molecule has 0 aromatic heterocycles. The number of amides is 3. The van der Waals surface area contributed by atoms with E-state index in [-0.39, 0.29) is 5.57 Å². The summed E-state index contributed by atoms with van der Waals surface area (Å²) in [5.74, 6) is -1.26. The Hall–Kier alpha value is -2.63. The van der Waals surface area contributed by atoms with Crippen LogP contribution in [0.2, 0.25) is 0 Å². The smallest absolute Gasteiger partial charge is 0.315 e. The fourth-order valence-electron chi connectivity index (χ4n) is 2.16. The van der Waals surface area contributed by atoms with Crippen molar-refractivity contribution in [2.75, 3.05) is 6.54 Å². The van der Waals surface area contributed by atoms with Gasteiger partial charge in [0.15, 0.2) is 5.78 Å². The maximum atomic E-state index is 12.5. The van der Waals surface area contributed by atoms with Crippen LogP contribution in [0.25, 0.3) is 0 Å². The standard InChI is InChI=1S/C18H25N3O3/c1-3-4-5-9-12-20-18(24)21-15(13(2)17(19)23)16(22)14-10-7-6-8-11-14/h6-8,10-11,15H,2-5,9,12H2,1H3,(H2,19,23)(H2,20,21,24)/t15-/m1/s1. The molecule has 1 rings (SSSR count). The lowest BCUT2D eigenvalue weighted by Gasteiger charge is -2.18. The van der Waals surface area contributed by atoms with Gasteiger partial charge in [-0.2, -0.15) is 0 Å². The largest absolute Gasteiger partial charge is 0.366 e. The van der Waals surface area contributed by atoms with Crippen molar-refractivity contribution < 1.29 is 14.4 Å². The van der Waals surface area contributed by atoms with Crippen molar-refractivity contribution >= 4 is 17.7 Å². The lowest BCUT2D eigenvalue weighted by atomic mass is 9.98. The molecule has 4 N–H and O–H groups in total. The van der Waals surface area contributed by atoms with Crippen molar-refractivity contribution in [1.82, 2.24) is 10.6 Å². The van der Waals surface area contributed by atoms with E-state index in [1.165, 1.54) is 0 Å². The average molecular weight is 331 g/mol. The Balaban J connectivity index is 2.70. The number of primary amides is 1. The Morgan fingerprint density at radius 1 is 1.12 bits per heavy atom. The minimum atomic E-state index is -1.18. The summed E-state index contributed by atoms with van der Waals surface area (Å²) in [6.07, 6.45) is 4.10. The summed E-state index contributed by atoms with van der Waals surface area (Å²) >= 11 is 0. The van der Waals surface area contributed by atoms with E-state index in [0.717, 1.165) is 25.7 Å². The maximum absolute atomic E-state index is 12.5. The van der Waals surface area contributed by atoms with Crippen LogP contribution < -0.4 is 16.4 Å². The predicted molar refractivity (Wildman–Crippen MR) is 93.6 cm³/mol. The van der Waals surface area contributed by atoms with Gasteiger partial charge in [0, 0.05) is 17.7 Å². The normalized spacial score (nSPS) is 11.4. The van der Waals surface area contributed by atoms with E-state index in [1.807, 2.05) is 0 Å². The number of rotatable bonds is 10. The summed E-state index contributed by atoms with van der Waals surface area (Å²) in [5, 5.41) is 5.16. The molecule has 6 heteroatoms. The Kier molecular flexibility index (Phi) is 8.25. The van der Waals surface area contributed by atoms with Crippen LogP contribution in [0.4, 0.5) is 4.79 Å². The fourth-order valence-corrected chi connectivity index (χ4v) is 2.16. The summed E-state index contributed by atoms with van der Waals surface area (Å²) in [6, 6.07) is 6.67. The van der Waals surface area contributed by atoms with Crippen molar-refractivity contribution in [3.8, 4) is 0 Å². The first kappa shape index (κ1) is 19.4. The number of hydrogen-bond donors (Lipinski definition) is 3. The summed E-state index contributed by atoms with van der Waals surface area (Å²) in [7, 11) is 0. The van der Waals surface area contributed by atoms with Crippen molar-refractivity contribution in [3.63, 3.8) is 0 Å². The van der Waals surface area contributed by atoms with Gasteiger partial charge in [-0.25, -0.2) is 4.79 Å². The van der Waals surface area contributed by atoms with Crippen LogP contribution in [0.1, 0.15) is 43.0 Å². The molecule has 0 spiro atoms. The van der Waals surface area contributed by atoms with Crippen LogP contribution in [0.3, 0.4) is 0 Å². The third-order valence-corrected chi connectivity index (χ3v) is 3.58. The lowest BCUT2D eigenvalue weighted by molar-refractivity contribution is -0.114. The van der Waals surface area contributed by atoms with Gasteiger partial charge in [-0.1, -0.05) is 63.1 Å². The summed E-state index contributed by atoms with van der Waals surface area (Å²) in [6.45, 7) is 6.14. The topological polar surface area (TPSA) is 101 Å². The highest BCUT2D eigenvalue weighted by molar-refractivity contribution is 6.09. The minimum Gasteiger partial charge on any atom is -0.366 e. The van der Waals surface area contributed by atoms with E-state index in [9.17, 15) is 14.4 Å². The van der Waals surface area contributed by atoms with Crippen LogP contribution in [-0.2, 0) is 4.79 Å². The van der Waals surface area contributed by atoms with E-state index in [2.05, 4.69) is 24.1 Å². The van der Waals surface area contributed by atoms with Gasteiger partial charge >= 0.3 is 6.03 Å². The number of nitrogens with two attached hydrogens (primary N) is 1. The third kappa shape index (κ3) is 6.24. The fraction of sp³-hybridized carbons (Fsp3) is 0.389. The number of carbonyl (C=O) groups is 3. The Bertz CT molecular complexity index is 584. The number of carbonyl (C=O) groups excluding carboxylic acids is 3. The molecule has 0 unspecified atom stereocenters. The number of ketones is 1. The van der Waals surface area contributed by atoms with Gasteiger partial charge in [0.05, 0.1) is 0 Å². The van der Waals surface area contributed by atoms with Gasteiger partial charge in [-0.3, -0.25) is 9.59 Å². The zero-order valence-corrected chi connectivity index (χ0v) is 14.0. The van der Waals surface area contributed by atoms with Crippen LogP contribution in [0.15, 0.2) is 42.5 Å². The molecule has 0 aliphatic carbocycles. The number of Topliss-reactive ketones (excluding diaryl/α,β-unsaturated/α-hetero) is 1. The molecule has 1 atom stereocenters. The van der Waals surface area contributed by atoms with E-state index < -0.39 is 23.8 Å². The lowest BCUT2D eigenvalue weighted by Crippen LogP contribution is -2.49. The number of unbranched alkanes of at least 4 members (excludes halogenated alkanes) is 3. The molecule has 6 nitrogen and oxygen atoms in total. The second-order valence-corrected chi connectivity index (χ2v) is 5.51. The molecule has 0 aliphatic rings. The van der Waals surface area contributed by atoms with Crippen LogP contribution in [0.5, 0.6) is 0 Å². The second-order valence-electron chi connectivity index (χ2n) is 5.51. The second kappa shape index (κ2) is 10.2. The summed E-state index contributed by atoms with van der Waals surface area (Å²) in [5.41, 5.74) is 5.44. The molecule has 3 amide bonds. The van der Waals surface area contributed by atoms with E-state index >= 15 is 0 Å². The van der Waals surface area contributed by atoms with Gasteiger partial charge in [-0.15, -0.1) is 0 Å². The van der Waals surface area contributed by atoms with Gasteiger partial charge in [0.25, 0.3) is 0 Å². The molecule has 0 radical (unpaired) electrons. The molecule has 0 aliphatic heterocycles. The SMILES string of the molecule is C=C(C(N)=O)[C@@H](NC(=O)NCCCCCC)C(=O)c1ccccc1. The molecular formula is C18H25N3O3. The first-order valence-electron chi connectivity index (χ1n) is 8.09. The van der Waals surface area contributed by atoms with Crippen molar-refractivity contribution in [2.24, 2.45) is 5.73 Å². The zero-order chi connectivity index (χ0) is 17.9. The molecule has 1 aromatic carbocycles. The minimum absolute atomic E-state index is 0.148. The van der Waals surface area contributed by atoms with Gasteiger partial charge in [-0.05, 0) is 6.42 Å². The highest BCUT2D eigenvalue weighted by Gasteiger charge is 2.27. The molecule has 0 fully saturated rings. The number of benzene rings is 1. The number of hydrogen-bond acceptors (Lipinski definition) is 3. The monoisotopic (exact) mass is 331 g/mol. The highest BCUT2D eigenvalue weighted by Crippen LogP contribution is 2.09. The third-order valence-electron chi connectivity index (χ3n) is 3.58. The number of nitrogens with one attached hydrogen (secondary N) is 2. The zero-order valence-electron chi connectivity index (χ0n) is 14.0. The Labute approximate surface area is 142 Å². The average Bonchev–Trinajstić information content (AvgIpc) is 2.59. The van der Waals surface area contributed by atoms with Gasteiger partial charge in [0.1, 0.15) is 6.04 Å². The quantitative estimate of drug-likeness (QED) is 0.348. The van der Waals surface area contributed by atoms with Crippen molar-refractivity contribution in [2.45, 2.75) is 38.6 Å². The van der Waals surface area contributed by atoms with Crippen LogP contribution in [-0.4, -0.2) is 30.3 Å². The highest BCUT2D eigenvalue weighted by atomic mass is 16.2. The first-order chi connectivity index (χ1) is 11.5. The molecule has 0 saturated carbocycles. The first-order valence-corrected chi connectivity index (χ1v) is 8.09. The maximum Gasteiger partial charge on any atom is 0.315 e.